The van der Waals surface area contributed by atoms with Crippen LogP contribution in [0.5, 0.6) is 0 Å². The Labute approximate surface area is 317 Å². The molecule has 3 aromatic heterocycles. The summed E-state index contributed by atoms with van der Waals surface area (Å²) >= 11 is 0. The number of aromatic nitrogens is 2. The van der Waals surface area contributed by atoms with Crippen molar-refractivity contribution in [3.05, 3.63) is 200 Å². The quantitative estimate of drug-likeness (QED) is 0.173. The van der Waals surface area contributed by atoms with Gasteiger partial charge in [0.05, 0.1) is 17.2 Å². The van der Waals surface area contributed by atoms with Crippen LogP contribution < -0.4 is 4.90 Å². The second kappa shape index (κ2) is 12.6. The maximum Gasteiger partial charge on any atom is 0.153 e. The van der Waals surface area contributed by atoms with Gasteiger partial charge >= 0.3 is 0 Å². The Morgan fingerprint density at radius 2 is 1.00 bits per heavy atom. The molecule has 0 saturated carbocycles. The van der Waals surface area contributed by atoms with Crippen molar-refractivity contribution in [3.8, 4) is 27.9 Å². The highest BCUT2D eigenvalue weighted by atomic mass is 16.3. The van der Waals surface area contributed by atoms with E-state index in [1.54, 1.807) is 0 Å². The predicted molar refractivity (Wildman–Crippen MR) is 229 cm³/mol. The number of hydrogen-bond acceptors (Lipinski definition) is 3. The van der Waals surface area contributed by atoms with Crippen molar-refractivity contribution >= 4 is 71.7 Å². The van der Waals surface area contributed by atoms with Gasteiger partial charge in [-0.3, -0.25) is 4.90 Å². The first-order valence-electron chi connectivity index (χ1n) is 18.6. The summed E-state index contributed by atoms with van der Waals surface area (Å²) in [7, 11) is 0. The van der Waals surface area contributed by atoms with Crippen LogP contribution in [0.2, 0.25) is 0 Å². The van der Waals surface area contributed by atoms with Gasteiger partial charge in [-0.25, -0.2) is 4.98 Å². The molecule has 11 aromatic rings. The third-order valence-corrected chi connectivity index (χ3v) is 10.8. The maximum absolute atomic E-state index is 6.18. The minimum Gasteiger partial charge on any atom is -0.454 e. The zero-order chi connectivity index (χ0) is 36.3. The van der Waals surface area contributed by atoms with Crippen molar-refractivity contribution in [2.75, 3.05) is 4.90 Å². The Morgan fingerprint density at radius 1 is 0.400 bits per heavy atom. The van der Waals surface area contributed by atoms with E-state index < -0.39 is 0 Å². The van der Waals surface area contributed by atoms with Gasteiger partial charge in [0.25, 0.3) is 0 Å². The summed E-state index contributed by atoms with van der Waals surface area (Å²) in [5.41, 5.74) is 11.9. The van der Waals surface area contributed by atoms with E-state index in [4.69, 9.17) is 9.40 Å². The lowest BCUT2D eigenvalue weighted by molar-refractivity contribution is 0.667. The fourth-order valence-electron chi connectivity index (χ4n) is 8.17. The van der Waals surface area contributed by atoms with Gasteiger partial charge < -0.3 is 8.98 Å². The monoisotopic (exact) mass is 703 g/mol. The van der Waals surface area contributed by atoms with Crippen LogP contribution >= 0.6 is 0 Å². The molecule has 0 unspecified atom stereocenters. The van der Waals surface area contributed by atoms with Crippen molar-refractivity contribution in [1.82, 2.24) is 9.55 Å². The molecule has 4 nitrogen and oxygen atoms in total. The van der Waals surface area contributed by atoms with Crippen molar-refractivity contribution in [2.24, 2.45) is 0 Å². The fraction of sp³-hybridized carbons (Fsp3) is 0. The van der Waals surface area contributed by atoms with Crippen LogP contribution in [0.15, 0.2) is 205 Å². The van der Waals surface area contributed by atoms with Crippen molar-refractivity contribution in [2.45, 2.75) is 0 Å². The predicted octanol–water partition coefficient (Wildman–Crippen LogP) is 14.0. The maximum atomic E-state index is 6.18. The van der Waals surface area contributed by atoms with Gasteiger partial charge in [-0.05, 0) is 99.8 Å². The van der Waals surface area contributed by atoms with Crippen molar-refractivity contribution in [1.29, 1.82) is 0 Å². The molecule has 0 fully saturated rings. The lowest BCUT2D eigenvalue weighted by atomic mass is 10.0. The molecule has 0 atom stereocenters. The molecule has 0 N–H and O–H groups in total. The molecule has 11 rings (SSSR count). The van der Waals surface area contributed by atoms with Crippen LogP contribution in [-0.2, 0) is 0 Å². The second-order valence-electron chi connectivity index (χ2n) is 14.1. The third-order valence-electron chi connectivity index (χ3n) is 10.8. The molecule has 258 valence electrons. The number of furan rings is 1. The first-order valence-corrected chi connectivity index (χ1v) is 18.6. The standard InChI is InChI=1S/C51H33N3O/c1-2-11-34(12-3-1)37-21-22-39-31-42(28-25-38(39)29-37)53(51-32-46-45-17-6-9-20-49(45)55-50(46)33-52-51)41-14-10-13-36(30-41)35-23-26-40(27-24-35)54-47-18-7-4-15-43(47)44-16-5-8-19-48(44)54/h1-33H. The summed E-state index contributed by atoms with van der Waals surface area (Å²) in [6.07, 6.45) is 1.85. The Balaban J connectivity index is 1.02. The normalized spacial score (nSPS) is 11.6. The van der Waals surface area contributed by atoms with Crippen LogP contribution in [0.1, 0.15) is 0 Å². The van der Waals surface area contributed by atoms with Gasteiger partial charge in [0.2, 0.25) is 0 Å². The van der Waals surface area contributed by atoms with Gasteiger partial charge in [0.15, 0.2) is 5.58 Å². The number of benzene rings is 8. The molecule has 0 bridgehead atoms. The van der Waals surface area contributed by atoms with E-state index in [9.17, 15) is 0 Å². The SMILES string of the molecule is c1ccc(-c2ccc3cc(N(c4cccc(-c5ccc(-n6c7ccccc7c7ccccc76)cc5)c4)c4cc5c(cn4)oc4ccccc45)ccc3c2)cc1. The summed E-state index contributed by atoms with van der Waals surface area (Å²) in [4.78, 5) is 7.26. The van der Waals surface area contributed by atoms with Gasteiger partial charge in [0.1, 0.15) is 11.4 Å². The first-order chi connectivity index (χ1) is 27.2. The Hall–Kier alpha value is -7.43. The summed E-state index contributed by atoms with van der Waals surface area (Å²) in [5.74, 6) is 0.818. The second-order valence-corrected chi connectivity index (χ2v) is 14.1. The average Bonchev–Trinajstić information content (AvgIpc) is 3.80. The molecule has 0 spiro atoms. The smallest absolute Gasteiger partial charge is 0.153 e. The molecule has 3 heterocycles. The van der Waals surface area contributed by atoms with Crippen LogP contribution in [0.3, 0.4) is 0 Å². The molecule has 0 aliphatic carbocycles. The van der Waals surface area contributed by atoms with Gasteiger partial charge in [0, 0.05) is 38.6 Å². The largest absolute Gasteiger partial charge is 0.454 e. The topological polar surface area (TPSA) is 34.2 Å². The number of para-hydroxylation sites is 3. The molecular formula is C51H33N3O. The minimum absolute atomic E-state index is 0.772. The number of hydrogen-bond donors (Lipinski definition) is 0. The Bertz CT molecular complexity index is 3160. The number of anilines is 3. The highest BCUT2D eigenvalue weighted by molar-refractivity contribution is 6.09. The number of fused-ring (bicyclic) bond motifs is 7. The molecule has 0 aliphatic heterocycles. The lowest BCUT2D eigenvalue weighted by Crippen LogP contribution is -2.11. The number of pyridine rings is 1. The summed E-state index contributed by atoms with van der Waals surface area (Å²) in [6.45, 7) is 0. The zero-order valence-corrected chi connectivity index (χ0v) is 29.8. The van der Waals surface area contributed by atoms with Crippen molar-refractivity contribution < 1.29 is 4.42 Å². The van der Waals surface area contributed by atoms with Gasteiger partial charge in [-0.2, -0.15) is 0 Å². The van der Waals surface area contributed by atoms with E-state index in [1.807, 2.05) is 18.3 Å². The van der Waals surface area contributed by atoms with Gasteiger partial charge in [-0.1, -0.05) is 127 Å². The van der Waals surface area contributed by atoms with Gasteiger partial charge in [-0.15, -0.1) is 0 Å². The Kier molecular flexibility index (Phi) is 7.14. The van der Waals surface area contributed by atoms with Crippen LogP contribution in [0.4, 0.5) is 17.2 Å². The number of nitrogens with zero attached hydrogens (tertiary/aromatic N) is 3. The molecule has 0 amide bonds. The summed E-state index contributed by atoms with van der Waals surface area (Å²) in [6, 6.07) is 69.2. The van der Waals surface area contributed by atoms with Crippen molar-refractivity contribution in [3.63, 3.8) is 0 Å². The van der Waals surface area contributed by atoms with Crippen LogP contribution in [-0.4, -0.2) is 9.55 Å². The van der Waals surface area contributed by atoms with E-state index in [1.165, 1.54) is 38.3 Å². The zero-order valence-electron chi connectivity index (χ0n) is 29.8. The highest BCUT2D eigenvalue weighted by Crippen LogP contribution is 2.40. The lowest BCUT2D eigenvalue weighted by Gasteiger charge is -2.25. The average molecular weight is 704 g/mol. The first kappa shape index (κ1) is 31.1. The Morgan fingerprint density at radius 3 is 1.80 bits per heavy atom. The molecular weight excluding hydrogens is 671 g/mol. The van der Waals surface area contributed by atoms with E-state index >= 15 is 0 Å². The fourth-order valence-corrected chi connectivity index (χ4v) is 8.17. The molecule has 4 heteroatoms. The summed E-state index contributed by atoms with van der Waals surface area (Å²) < 4.78 is 8.54. The minimum atomic E-state index is 0.772. The number of rotatable bonds is 6. The van der Waals surface area contributed by atoms with E-state index in [0.29, 0.717) is 0 Å². The van der Waals surface area contributed by atoms with E-state index in [2.05, 4.69) is 191 Å². The molecule has 55 heavy (non-hydrogen) atoms. The third kappa shape index (κ3) is 5.26. The van der Waals surface area contributed by atoms with E-state index in [0.717, 1.165) is 61.3 Å². The highest BCUT2D eigenvalue weighted by Gasteiger charge is 2.19. The van der Waals surface area contributed by atoms with E-state index in [-0.39, 0.29) is 0 Å². The van der Waals surface area contributed by atoms with Crippen LogP contribution in [0.25, 0.3) is 82.5 Å². The van der Waals surface area contributed by atoms with Crippen LogP contribution in [0, 0.1) is 0 Å². The molecule has 0 radical (unpaired) electrons. The molecule has 0 saturated heterocycles. The molecule has 0 aliphatic rings. The molecule has 8 aromatic carbocycles. The summed E-state index contributed by atoms with van der Waals surface area (Å²) in [5, 5.41) is 6.98.